The van der Waals surface area contributed by atoms with Gasteiger partial charge in [0.15, 0.2) is 5.11 Å². The van der Waals surface area contributed by atoms with Crippen LogP contribution in [0.4, 0.5) is 10.1 Å². The van der Waals surface area contributed by atoms with E-state index in [-0.39, 0.29) is 30.2 Å². The van der Waals surface area contributed by atoms with Crippen LogP contribution in [-0.2, 0) is 4.79 Å². The van der Waals surface area contributed by atoms with E-state index in [0.717, 1.165) is 17.2 Å². The Morgan fingerprint density at radius 3 is 2.49 bits per heavy atom. The normalized spacial score (nSPS) is 17.3. The molecule has 4 aromatic rings. The minimum atomic E-state index is -0.351. The summed E-state index contributed by atoms with van der Waals surface area (Å²) in [7, 11) is 0. The van der Waals surface area contributed by atoms with Crippen molar-refractivity contribution in [2.75, 3.05) is 11.9 Å². The number of nitrogens with zero attached hydrogens (tertiary/aromatic N) is 4. The highest BCUT2D eigenvalue weighted by atomic mass is 32.1. The average molecular weight is 487 g/mol. The third-order valence-electron chi connectivity index (χ3n) is 5.88. The Kier molecular flexibility index (Phi) is 6.49. The third-order valence-corrected chi connectivity index (χ3v) is 6.24. The number of pyridine rings is 2. The van der Waals surface area contributed by atoms with Crippen LogP contribution >= 0.6 is 12.2 Å². The molecule has 4 heterocycles. The largest absolute Gasteiger partial charge is 0.352 e. The highest BCUT2D eigenvalue weighted by Gasteiger charge is 2.41. The lowest BCUT2D eigenvalue weighted by atomic mass is 10.0. The molecule has 7 nitrogen and oxygen atoms in total. The van der Waals surface area contributed by atoms with Crippen LogP contribution in [-0.4, -0.2) is 37.0 Å². The fourth-order valence-electron chi connectivity index (χ4n) is 4.29. The summed E-state index contributed by atoms with van der Waals surface area (Å²) in [4.78, 5) is 23.8. The van der Waals surface area contributed by atoms with Crippen LogP contribution in [0.1, 0.15) is 29.9 Å². The maximum absolute atomic E-state index is 13.2. The van der Waals surface area contributed by atoms with Crippen LogP contribution in [0.2, 0.25) is 0 Å². The molecule has 1 fully saturated rings. The molecule has 0 spiro atoms. The first-order valence-electron chi connectivity index (χ1n) is 11.2. The number of hydrogen-bond acceptors (Lipinski definition) is 4. The number of thiocarbonyl (C=S) groups is 1. The molecule has 3 aromatic heterocycles. The molecule has 0 unspecified atom stereocenters. The molecule has 0 aliphatic carbocycles. The topological polar surface area (TPSA) is 75.1 Å². The van der Waals surface area contributed by atoms with Gasteiger partial charge in [-0.05, 0) is 72.9 Å². The Morgan fingerprint density at radius 1 is 1.00 bits per heavy atom. The fourth-order valence-corrected chi connectivity index (χ4v) is 4.62. The van der Waals surface area contributed by atoms with Crippen molar-refractivity contribution >= 4 is 28.9 Å². The average Bonchev–Trinajstić information content (AvgIpc) is 3.49. The number of benzene rings is 1. The van der Waals surface area contributed by atoms with E-state index in [0.29, 0.717) is 17.3 Å². The number of rotatable bonds is 7. The monoisotopic (exact) mass is 486 g/mol. The smallest absolute Gasteiger partial charge is 0.226 e. The van der Waals surface area contributed by atoms with Crippen LogP contribution in [0.15, 0.2) is 91.4 Å². The van der Waals surface area contributed by atoms with Crippen molar-refractivity contribution in [1.82, 2.24) is 24.8 Å². The van der Waals surface area contributed by atoms with E-state index in [1.807, 2.05) is 64.2 Å². The summed E-state index contributed by atoms with van der Waals surface area (Å²) in [6, 6.07) is 20.8. The van der Waals surface area contributed by atoms with E-state index >= 15 is 0 Å². The van der Waals surface area contributed by atoms with E-state index in [1.165, 1.54) is 24.3 Å². The summed E-state index contributed by atoms with van der Waals surface area (Å²) >= 11 is 5.71. The zero-order chi connectivity index (χ0) is 24.2. The summed E-state index contributed by atoms with van der Waals surface area (Å²) < 4.78 is 15.2. The van der Waals surface area contributed by atoms with E-state index in [4.69, 9.17) is 12.2 Å². The maximum Gasteiger partial charge on any atom is 0.226 e. The highest BCUT2D eigenvalue weighted by Crippen LogP contribution is 2.39. The molecular formula is C26H23FN6OS. The van der Waals surface area contributed by atoms with E-state index in [1.54, 1.807) is 12.4 Å². The van der Waals surface area contributed by atoms with Crippen LogP contribution in [0, 0.1) is 5.82 Å². The molecule has 2 N–H and O–H groups in total. The van der Waals surface area contributed by atoms with Crippen molar-refractivity contribution in [2.45, 2.75) is 18.5 Å². The van der Waals surface area contributed by atoms with Crippen LogP contribution in [0.3, 0.4) is 0 Å². The van der Waals surface area contributed by atoms with Gasteiger partial charge in [0, 0.05) is 42.9 Å². The summed E-state index contributed by atoms with van der Waals surface area (Å²) in [5.74, 6) is 0.259. The molecule has 35 heavy (non-hydrogen) atoms. The predicted octanol–water partition coefficient (Wildman–Crippen LogP) is 4.41. The first-order chi connectivity index (χ1) is 17.1. The Labute approximate surface area is 207 Å². The SMILES string of the molecule is O=C(CCN1C(=S)N[C@H](c2ccccn2)[C@@H]1c1cccn1-c1ccccn1)Nc1ccc(F)cc1. The zero-order valence-electron chi connectivity index (χ0n) is 18.7. The summed E-state index contributed by atoms with van der Waals surface area (Å²) in [6.07, 6.45) is 5.68. The quantitative estimate of drug-likeness (QED) is 0.377. The molecule has 2 atom stereocenters. The Morgan fingerprint density at radius 2 is 1.77 bits per heavy atom. The van der Waals surface area contributed by atoms with E-state index in [9.17, 15) is 9.18 Å². The lowest BCUT2D eigenvalue weighted by molar-refractivity contribution is -0.116. The van der Waals surface area contributed by atoms with Crippen molar-refractivity contribution in [3.05, 3.63) is 109 Å². The van der Waals surface area contributed by atoms with Crippen LogP contribution in [0.25, 0.3) is 5.82 Å². The maximum atomic E-state index is 13.2. The fraction of sp³-hybridized carbons (Fsp3) is 0.154. The first-order valence-corrected chi connectivity index (χ1v) is 11.6. The van der Waals surface area contributed by atoms with Gasteiger partial charge in [-0.1, -0.05) is 12.1 Å². The molecule has 0 radical (unpaired) electrons. The van der Waals surface area contributed by atoms with Gasteiger partial charge in [0.05, 0.1) is 17.8 Å². The number of carbonyl (C=O) groups excluding carboxylic acids is 1. The van der Waals surface area contributed by atoms with Crippen molar-refractivity contribution in [3.8, 4) is 5.82 Å². The summed E-state index contributed by atoms with van der Waals surface area (Å²) in [5.41, 5.74) is 2.38. The van der Waals surface area contributed by atoms with Gasteiger partial charge in [0.2, 0.25) is 5.91 Å². The minimum Gasteiger partial charge on any atom is -0.352 e. The molecule has 1 saturated heterocycles. The van der Waals surface area contributed by atoms with Gasteiger partial charge in [0.25, 0.3) is 0 Å². The Hall–Kier alpha value is -4.11. The number of hydrogen-bond donors (Lipinski definition) is 2. The molecule has 9 heteroatoms. The van der Waals surface area contributed by atoms with Gasteiger partial charge >= 0.3 is 0 Å². The van der Waals surface area contributed by atoms with E-state index < -0.39 is 0 Å². The second-order valence-electron chi connectivity index (χ2n) is 8.12. The molecule has 1 aliphatic heterocycles. The Bertz CT molecular complexity index is 1310. The molecule has 0 saturated carbocycles. The molecule has 176 valence electrons. The van der Waals surface area contributed by atoms with Crippen molar-refractivity contribution in [3.63, 3.8) is 0 Å². The van der Waals surface area contributed by atoms with Crippen LogP contribution < -0.4 is 10.6 Å². The number of halogens is 1. The summed E-state index contributed by atoms with van der Waals surface area (Å²) in [6.45, 7) is 0.389. The minimum absolute atomic E-state index is 0.181. The van der Waals surface area contributed by atoms with Crippen LogP contribution in [0.5, 0.6) is 0 Å². The molecule has 1 aliphatic rings. The molecular weight excluding hydrogens is 463 g/mol. The van der Waals surface area contributed by atoms with Crippen molar-refractivity contribution < 1.29 is 9.18 Å². The highest BCUT2D eigenvalue weighted by molar-refractivity contribution is 7.80. The molecule has 1 aromatic carbocycles. The predicted molar refractivity (Wildman–Crippen MR) is 135 cm³/mol. The lowest BCUT2D eigenvalue weighted by Gasteiger charge is -2.28. The van der Waals surface area contributed by atoms with E-state index in [2.05, 4.69) is 20.6 Å². The number of carbonyl (C=O) groups is 1. The molecule has 0 bridgehead atoms. The van der Waals surface area contributed by atoms with Gasteiger partial charge in [-0.15, -0.1) is 0 Å². The number of amides is 1. The zero-order valence-corrected chi connectivity index (χ0v) is 19.5. The summed E-state index contributed by atoms with van der Waals surface area (Å²) in [5, 5.41) is 6.77. The van der Waals surface area contributed by atoms with Crippen molar-refractivity contribution in [1.29, 1.82) is 0 Å². The standard InChI is InChI=1S/C26H23FN6OS/c27-18-9-11-19(12-10-18)30-23(34)13-17-33-25(24(31-26(33)35)20-6-1-3-14-28-20)21-7-5-16-32(21)22-8-2-4-15-29-22/h1-12,14-16,24-25H,13,17H2,(H,30,34)(H,31,35)/t24-,25+/m1/s1. The van der Waals surface area contributed by atoms with Gasteiger partial charge in [-0.3, -0.25) is 9.78 Å². The molecule has 1 amide bonds. The third kappa shape index (κ3) is 4.90. The van der Waals surface area contributed by atoms with Gasteiger partial charge in [-0.25, -0.2) is 9.37 Å². The first kappa shape index (κ1) is 22.7. The second-order valence-corrected chi connectivity index (χ2v) is 8.50. The number of aromatic nitrogens is 3. The van der Waals surface area contributed by atoms with Gasteiger partial charge in [-0.2, -0.15) is 0 Å². The molecule has 5 rings (SSSR count). The van der Waals surface area contributed by atoms with Gasteiger partial charge < -0.3 is 20.1 Å². The number of nitrogens with one attached hydrogen (secondary N) is 2. The Balaban J connectivity index is 1.42. The number of anilines is 1. The van der Waals surface area contributed by atoms with Crippen molar-refractivity contribution in [2.24, 2.45) is 0 Å². The lowest BCUT2D eigenvalue weighted by Crippen LogP contribution is -2.33. The van der Waals surface area contributed by atoms with Gasteiger partial charge in [0.1, 0.15) is 11.6 Å². The second kappa shape index (κ2) is 10.0.